The summed E-state index contributed by atoms with van der Waals surface area (Å²) in [6.07, 6.45) is 6.31. The summed E-state index contributed by atoms with van der Waals surface area (Å²) in [5, 5.41) is 0. The second-order valence-electron chi connectivity index (χ2n) is 3.74. The van der Waals surface area contributed by atoms with Gasteiger partial charge in [0.05, 0.1) is 0 Å². The van der Waals surface area contributed by atoms with Crippen molar-refractivity contribution < 1.29 is 14.3 Å². The molecule has 0 aliphatic rings. The van der Waals surface area contributed by atoms with Gasteiger partial charge < -0.3 is 14.5 Å². The third-order valence-corrected chi connectivity index (χ3v) is 2.72. The van der Waals surface area contributed by atoms with Gasteiger partial charge in [-0.3, -0.25) is 4.79 Å². The van der Waals surface area contributed by atoms with Crippen LogP contribution in [-0.4, -0.2) is 38.7 Å². The molecule has 0 radical (unpaired) electrons. The van der Waals surface area contributed by atoms with Crippen LogP contribution in [0.1, 0.15) is 34.7 Å². The van der Waals surface area contributed by atoms with Crippen molar-refractivity contribution >= 4 is 6.29 Å². The maximum Gasteiger partial charge on any atom is 0.151 e. The summed E-state index contributed by atoms with van der Waals surface area (Å²) < 4.78 is 10.2. The molecule has 0 bridgehead atoms. The van der Waals surface area contributed by atoms with Crippen LogP contribution < -0.4 is 0 Å². The maximum atomic E-state index is 10.9. The Balaban J connectivity index is 2.69. The minimum atomic E-state index is 0.311. The normalized spacial score (nSPS) is 10.9. The van der Waals surface area contributed by atoms with E-state index in [-0.39, 0.29) is 0 Å². The molecule has 0 amide bonds. The molecular weight excluding hydrogens is 206 g/mol. The standard InChI is InChI=1S/C12H19NO3/c1-15-5-3-10(4-6-16-2)12-8-13-7-11(12)9-14/h7-10,13H,3-6H2,1-2H3. The second-order valence-corrected chi connectivity index (χ2v) is 3.74. The lowest BCUT2D eigenvalue weighted by Gasteiger charge is -2.15. The topological polar surface area (TPSA) is 51.3 Å². The first-order valence-electron chi connectivity index (χ1n) is 5.43. The van der Waals surface area contributed by atoms with Gasteiger partial charge in [0.15, 0.2) is 6.29 Å². The number of rotatable bonds is 8. The highest BCUT2D eigenvalue weighted by Gasteiger charge is 2.15. The molecule has 16 heavy (non-hydrogen) atoms. The summed E-state index contributed by atoms with van der Waals surface area (Å²) in [6.45, 7) is 1.38. The molecule has 0 aromatic carbocycles. The molecule has 0 aliphatic heterocycles. The fourth-order valence-corrected chi connectivity index (χ4v) is 1.82. The summed E-state index contributed by atoms with van der Waals surface area (Å²) in [4.78, 5) is 13.8. The van der Waals surface area contributed by atoms with E-state index in [9.17, 15) is 4.79 Å². The van der Waals surface area contributed by atoms with Gasteiger partial charge in [-0.1, -0.05) is 0 Å². The minimum Gasteiger partial charge on any atom is -0.385 e. The van der Waals surface area contributed by atoms with Gasteiger partial charge in [0.25, 0.3) is 0 Å². The van der Waals surface area contributed by atoms with Crippen LogP contribution in [0, 0.1) is 0 Å². The van der Waals surface area contributed by atoms with Gasteiger partial charge >= 0.3 is 0 Å². The quantitative estimate of drug-likeness (QED) is 0.688. The Morgan fingerprint density at radius 2 is 1.88 bits per heavy atom. The fraction of sp³-hybridized carbons (Fsp3) is 0.583. The van der Waals surface area contributed by atoms with Gasteiger partial charge in [0.1, 0.15) is 0 Å². The number of H-pyrrole nitrogens is 1. The zero-order valence-electron chi connectivity index (χ0n) is 9.86. The highest BCUT2D eigenvalue weighted by molar-refractivity contribution is 5.77. The van der Waals surface area contributed by atoms with E-state index in [4.69, 9.17) is 9.47 Å². The van der Waals surface area contributed by atoms with E-state index in [1.165, 1.54) is 0 Å². The Hall–Kier alpha value is -1.13. The Bertz CT molecular complexity index is 301. The Morgan fingerprint density at radius 3 is 2.38 bits per heavy atom. The number of carbonyl (C=O) groups excluding carboxylic acids is 1. The molecule has 4 nitrogen and oxygen atoms in total. The minimum absolute atomic E-state index is 0.311. The van der Waals surface area contributed by atoms with E-state index in [0.717, 1.165) is 30.3 Å². The summed E-state index contributed by atoms with van der Waals surface area (Å²) in [5.41, 5.74) is 1.79. The van der Waals surface area contributed by atoms with Gasteiger partial charge in [-0.05, 0) is 24.3 Å². The molecule has 0 aliphatic carbocycles. The van der Waals surface area contributed by atoms with Gasteiger partial charge in [0, 0.05) is 45.4 Å². The number of aldehydes is 1. The second kappa shape index (κ2) is 7.19. The van der Waals surface area contributed by atoms with Crippen molar-refractivity contribution in [2.45, 2.75) is 18.8 Å². The van der Waals surface area contributed by atoms with Crippen LogP contribution in [0.2, 0.25) is 0 Å². The Kier molecular flexibility index (Phi) is 5.82. The zero-order valence-corrected chi connectivity index (χ0v) is 9.86. The van der Waals surface area contributed by atoms with Crippen molar-refractivity contribution in [3.8, 4) is 0 Å². The highest BCUT2D eigenvalue weighted by Crippen LogP contribution is 2.25. The number of nitrogens with one attached hydrogen (secondary N) is 1. The molecule has 0 spiro atoms. The molecule has 0 fully saturated rings. The van der Waals surface area contributed by atoms with Crippen LogP contribution in [0.5, 0.6) is 0 Å². The number of methoxy groups -OCH3 is 2. The molecular formula is C12H19NO3. The molecule has 1 heterocycles. The first-order chi connectivity index (χ1) is 7.83. The number of hydrogen-bond donors (Lipinski definition) is 1. The van der Waals surface area contributed by atoms with Crippen molar-refractivity contribution in [1.82, 2.24) is 4.98 Å². The molecule has 4 heteroatoms. The van der Waals surface area contributed by atoms with E-state index in [0.29, 0.717) is 19.1 Å². The van der Waals surface area contributed by atoms with Crippen LogP contribution in [0.4, 0.5) is 0 Å². The predicted molar refractivity (Wildman–Crippen MR) is 61.9 cm³/mol. The van der Waals surface area contributed by atoms with Gasteiger partial charge in [0.2, 0.25) is 0 Å². The molecule has 1 aromatic rings. The van der Waals surface area contributed by atoms with Crippen molar-refractivity contribution in [3.63, 3.8) is 0 Å². The highest BCUT2D eigenvalue weighted by atomic mass is 16.5. The summed E-state index contributed by atoms with van der Waals surface area (Å²) in [5.74, 6) is 0.311. The van der Waals surface area contributed by atoms with E-state index in [1.807, 2.05) is 6.20 Å². The molecule has 90 valence electrons. The monoisotopic (exact) mass is 225 g/mol. The Labute approximate surface area is 95.9 Å². The summed E-state index contributed by atoms with van der Waals surface area (Å²) in [7, 11) is 3.37. The van der Waals surface area contributed by atoms with Gasteiger partial charge in [-0.25, -0.2) is 0 Å². The maximum absolute atomic E-state index is 10.9. The number of hydrogen-bond acceptors (Lipinski definition) is 3. The number of aromatic amines is 1. The first kappa shape index (κ1) is 12.9. The van der Waals surface area contributed by atoms with Crippen LogP contribution in [0.25, 0.3) is 0 Å². The SMILES string of the molecule is COCCC(CCOC)c1c[nH]cc1C=O. The number of aromatic nitrogens is 1. The van der Waals surface area contributed by atoms with E-state index in [1.54, 1.807) is 20.4 Å². The molecule has 0 saturated carbocycles. The molecule has 1 aromatic heterocycles. The van der Waals surface area contributed by atoms with E-state index in [2.05, 4.69) is 4.98 Å². The van der Waals surface area contributed by atoms with Crippen LogP contribution in [0.3, 0.4) is 0 Å². The molecule has 0 atom stereocenters. The average molecular weight is 225 g/mol. The smallest absolute Gasteiger partial charge is 0.151 e. The van der Waals surface area contributed by atoms with E-state index < -0.39 is 0 Å². The van der Waals surface area contributed by atoms with Crippen molar-refractivity contribution in [1.29, 1.82) is 0 Å². The molecule has 1 rings (SSSR count). The lowest BCUT2D eigenvalue weighted by Crippen LogP contribution is -2.07. The lowest BCUT2D eigenvalue weighted by molar-refractivity contribution is 0.112. The van der Waals surface area contributed by atoms with Crippen molar-refractivity contribution in [3.05, 3.63) is 23.5 Å². The third-order valence-electron chi connectivity index (χ3n) is 2.72. The average Bonchev–Trinajstić information content (AvgIpc) is 2.77. The van der Waals surface area contributed by atoms with Gasteiger partial charge in [-0.15, -0.1) is 0 Å². The summed E-state index contributed by atoms with van der Waals surface area (Å²) >= 11 is 0. The van der Waals surface area contributed by atoms with Crippen LogP contribution >= 0.6 is 0 Å². The first-order valence-corrected chi connectivity index (χ1v) is 5.43. The van der Waals surface area contributed by atoms with Crippen LogP contribution in [-0.2, 0) is 9.47 Å². The molecule has 0 unspecified atom stereocenters. The van der Waals surface area contributed by atoms with Crippen molar-refractivity contribution in [2.24, 2.45) is 0 Å². The number of ether oxygens (including phenoxy) is 2. The fourth-order valence-electron chi connectivity index (χ4n) is 1.82. The molecule has 0 saturated heterocycles. The lowest BCUT2D eigenvalue weighted by atomic mass is 9.93. The van der Waals surface area contributed by atoms with Crippen molar-refractivity contribution in [2.75, 3.05) is 27.4 Å². The Morgan fingerprint density at radius 1 is 1.25 bits per heavy atom. The zero-order chi connectivity index (χ0) is 11.8. The predicted octanol–water partition coefficient (Wildman–Crippen LogP) is 1.98. The molecule has 1 N–H and O–H groups in total. The van der Waals surface area contributed by atoms with E-state index >= 15 is 0 Å². The largest absolute Gasteiger partial charge is 0.385 e. The number of carbonyl (C=O) groups is 1. The third kappa shape index (κ3) is 3.47. The van der Waals surface area contributed by atoms with Crippen LogP contribution in [0.15, 0.2) is 12.4 Å². The summed E-state index contributed by atoms with van der Waals surface area (Å²) in [6, 6.07) is 0. The van der Waals surface area contributed by atoms with Gasteiger partial charge in [-0.2, -0.15) is 0 Å².